The summed E-state index contributed by atoms with van der Waals surface area (Å²) in [7, 11) is 0. The Labute approximate surface area is 136 Å². The molecule has 0 fully saturated rings. The lowest BCUT2D eigenvalue weighted by Crippen LogP contribution is -2.37. The quantitative estimate of drug-likeness (QED) is 0.519. The van der Waals surface area contributed by atoms with E-state index in [2.05, 4.69) is 54.7 Å². The number of hydrogen-bond donors (Lipinski definition) is 3. The van der Waals surface area contributed by atoms with Crippen molar-refractivity contribution in [1.82, 2.24) is 15.6 Å². The average Bonchev–Trinajstić information content (AvgIpc) is 2.54. The summed E-state index contributed by atoms with van der Waals surface area (Å²) in [6.07, 6.45) is 6.60. The first-order chi connectivity index (χ1) is 10.7. The Morgan fingerprint density at radius 2 is 2.00 bits per heavy atom. The topological polar surface area (TPSA) is 63.0 Å². The summed E-state index contributed by atoms with van der Waals surface area (Å²) in [5, 5.41) is 6.95. The number of nitrogens with two attached hydrogens (primary N) is 1. The standard InChI is InChI=1S/C18H34N4/c1-4-6-17(21-12-11-20-10-9-19)13-18-8-7-16(14-22-18)15(3)5-2/h7-8,14-15,17,20-21H,4-6,9-13,19H2,1-3H3. The SMILES string of the molecule is CCCC(Cc1ccc(C(C)CC)cn1)NCCNCCN. The van der Waals surface area contributed by atoms with E-state index in [0.717, 1.165) is 32.5 Å². The van der Waals surface area contributed by atoms with Crippen LogP contribution in [0.5, 0.6) is 0 Å². The zero-order chi connectivity index (χ0) is 16.2. The van der Waals surface area contributed by atoms with E-state index < -0.39 is 0 Å². The molecule has 0 bridgehead atoms. The molecule has 0 aliphatic carbocycles. The van der Waals surface area contributed by atoms with E-state index in [9.17, 15) is 0 Å². The minimum atomic E-state index is 0.506. The normalized spacial score (nSPS) is 14.0. The molecule has 126 valence electrons. The van der Waals surface area contributed by atoms with E-state index in [1.807, 2.05) is 0 Å². The third kappa shape index (κ3) is 7.34. The predicted octanol–water partition coefficient (Wildman–Crippen LogP) is 2.44. The molecule has 1 rings (SSSR count). The fourth-order valence-electron chi connectivity index (χ4n) is 2.55. The van der Waals surface area contributed by atoms with Crippen LogP contribution in [0, 0.1) is 0 Å². The third-order valence-electron chi connectivity index (χ3n) is 4.18. The van der Waals surface area contributed by atoms with Gasteiger partial charge in [-0.15, -0.1) is 0 Å². The maximum atomic E-state index is 5.47. The zero-order valence-corrected chi connectivity index (χ0v) is 14.6. The van der Waals surface area contributed by atoms with Crippen molar-refractivity contribution in [2.24, 2.45) is 5.73 Å². The second kappa shape index (κ2) is 11.6. The van der Waals surface area contributed by atoms with Crippen molar-refractivity contribution in [2.75, 3.05) is 26.2 Å². The number of nitrogens with zero attached hydrogens (tertiary/aromatic N) is 1. The maximum absolute atomic E-state index is 5.47. The van der Waals surface area contributed by atoms with Gasteiger partial charge in [-0.3, -0.25) is 4.98 Å². The Hall–Kier alpha value is -0.970. The Kier molecular flexibility index (Phi) is 10.0. The fraction of sp³-hybridized carbons (Fsp3) is 0.722. The molecule has 0 saturated heterocycles. The van der Waals surface area contributed by atoms with E-state index in [4.69, 9.17) is 5.73 Å². The van der Waals surface area contributed by atoms with E-state index in [0.29, 0.717) is 18.5 Å². The van der Waals surface area contributed by atoms with E-state index in [1.54, 1.807) is 0 Å². The average molecular weight is 306 g/mol. The molecule has 0 aliphatic heterocycles. The van der Waals surface area contributed by atoms with Gasteiger partial charge in [0.25, 0.3) is 0 Å². The van der Waals surface area contributed by atoms with Gasteiger partial charge in [-0.1, -0.05) is 33.3 Å². The molecule has 22 heavy (non-hydrogen) atoms. The van der Waals surface area contributed by atoms with Crippen LogP contribution in [0.4, 0.5) is 0 Å². The molecule has 0 saturated carbocycles. The van der Waals surface area contributed by atoms with Crippen LogP contribution in [0.25, 0.3) is 0 Å². The molecule has 0 aliphatic rings. The van der Waals surface area contributed by atoms with E-state index in [-0.39, 0.29) is 0 Å². The first-order valence-electron chi connectivity index (χ1n) is 8.80. The number of pyridine rings is 1. The Balaban J connectivity index is 2.44. The van der Waals surface area contributed by atoms with Crippen molar-refractivity contribution < 1.29 is 0 Å². The van der Waals surface area contributed by atoms with Gasteiger partial charge in [0.2, 0.25) is 0 Å². The van der Waals surface area contributed by atoms with Crippen molar-refractivity contribution in [1.29, 1.82) is 0 Å². The largest absolute Gasteiger partial charge is 0.329 e. The smallest absolute Gasteiger partial charge is 0.0419 e. The second-order valence-electron chi connectivity index (χ2n) is 6.07. The molecule has 1 aromatic heterocycles. The number of nitrogens with one attached hydrogen (secondary N) is 2. The fourth-order valence-corrected chi connectivity index (χ4v) is 2.55. The summed E-state index contributed by atoms with van der Waals surface area (Å²) in [6.45, 7) is 10.3. The van der Waals surface area contributed by atoms with Gasteiger partial charge < -0.3 is 16.4 Å². The molecule has 0 aromatic carbocycles. The molecular formula is C18H34N4. The lowest BCUT2D eigenvalue weighted by atomic mass is 9.99. The highest BCUT2D eigenvalue weighted by molar-refractivity contribution is 5.18. The highest BCUT2D eigenvalue weighted by Crippen LogP contribution is 2.18. The highest BCUT2D eigenvalue weighted by atomic mass is 15.0. The van der Waals surface area contributed by atoms with E-state index in [1.165, 1.54) is 24.1 Å². The van der Waals surface area contributed by atoms with Crippen LogP contribution in [0.3, 0.4) is 0 Å². The maximum Gasteiger partial charge on any atom is 0.0419 e. The van der Waals surface area contributed by atoms with Crippen LogP contribution in [0.15, 0.2) is 18.3 Å². The summed E-state index contributed by atoms with van der Waals surface area (Å²) in [5.74, 6) is 0.597. The van der Waals surface area contributed by atoms with Crippen LogP contribution >= 0.6 is 0 Å². The second-order valence-corrected chi connectivity index (χ2v) is 6.07. The van der Waals surface area contributed by atoms with Crippen LogP contribution in [-0.4, -0.2) is 37.2 Å². The van der Waals surface area contributed by atoms with Crippen LogP contribution < -0.4 is 16.4 Å². The van der Waals surface area contributed by atoms with Crippen LogP contribution in [-0.2, 0) is 6.42 Å². The third-order valence-corrected chi connectivity index (χ3v) is 4.18. The Bertz CT molecular complexity index is 377. The van der Waals surface area contributed by atoms with Gasteiger partial charge in [0.1, 0.15) is 0 Å². The summed E-state index contributed by atoms with van der Waals surface area (Å²) in [6, 6.07) is 4.94. The summed E-state index contributed by atoms with van der Waals surface area (Å²) in [4.78, 5) is 4.66. The van der Waals surface area contributed by atoms with Gasteiger partial charge in [0, 0.05) is 50.5 Å². The Morgan fingerprint density at radius 3 is 2.59 bits per heavy atom. The molecule has 1 aromatic rings. The molecule has 4 N–H and O–H groups in total. The van der Waals surface area contributed by atoms with Crippen molar-refractivity contribution in [3.63, 3.8) is 0 Å². The molecule has 2 atom stereocenters. The van der Waals surface area contributed by atoms with Gasteiger partial charge in [-0.05, 0) is 30.4 Å². The monoisotopic (exact) mass is 306 g/mol. The molecule has 0 radical (unpaired) electrons. The first-order valence-corrected chi connectivity index (χ1v) is 8.80. The lowest BCUT2D eigenvalue weighted by Gasteiger charge is -2.18. The summed E-state index contributed by atoms with van der Waals surface area (Å²) < 4.78 is 0. The summed E-state index contributed by atoms with van der Waals surface area (Å²) in [5.41, 5.74) is 8.01. The number of hydrogen-bond acceptors (Lipinski definition) is 4. The minimum Gasteiger partial charge on any atom is -0.329 e. The molecule has 4 nitrogen and oxygen atoms in total. The Morgan fingerprint density at radius 1 is 1.18 bits per heavy atom. The molecule has 4 heteroatoms. The van der Waals surface area contributed by atoms with Crippen molar-refractivity contribution in [3.8, 4) is 0 Å². The van der Waals surface area contributed by atoms with Gasteiger partial charge in [-0.2, -0.15) is 0 Å². The molecule has 0 spiro atoms. The first kappa shape index (κ1) is 19.1. The van der Waals surface area contributed by atoms with Gasteiger partial charge in [-0.25, -0.2) is 0 Å². The molecule has 0 amide bonds. The molecule has 2 unspecified atom stereocenters. The molecule has 1 heterocycles. The van der Waals surface area contributed by atoms with Crippen molar-refractivity contribution in [3.05, 3.63) is 29.6 Å². The van der Waals surface area contributed by atoms with Gasteiger partial charge in [0.05, 0.1) is 0 Å². The number of aromatic nitrogens is 1. The zero-order valence-electron chi connectivity index (χ0n) is 14.6. The van der Waals surface area contributed by atoms with Gasteiger partial charge >= 0.3 is 0 Å². The lowest BCUT2D eigenvalue weighted by molar-refractivity contribution is 0.463. The van der Waals surface area contributed by atoms with E-state index >= 15 is 0 Å². The van der Waals surface area contributed by atoms with Crippen LogP contribution in [0.1, 0.15) is 57.2 Å². The van der Waals surface area contributed by atoms with Crippen LogP contribution in [0.2, 0.25) is 0 Å². The highest BCUT2D eigenvalue weighted by Gasteiger charge is 2.10. The van der Waals surface area contributed by atoms with Crippen molar-refractivity contribution >= 4 is 0 Å². The minimum absolute atomic E-state index is 0.506. The molecular weight excluding hydrogens is 272 g/mol. The van der Waals surface area contributed by atoms with Gasteiger partial charge in [0.15, 0.2) is 0 Å². The summed E-state index contributed by atoms with van der Waals surface area (Å²) >= 11 is 0. The predicted molar refractivity (Wildman–Crippen MR) is 95.3 cm³/mol. The number of rotatable bonds is 12. The van der Waals surface area contributed by atoms with Crippen molar-refractivity contribution in [2.45, 2.75) is 58.4 Å².